The first kappa shape index (κ1) is 24.1. The minimum Gasteiger partial charge on any atom is -0.497 e. The number of aromatic nitrogens is 2. The number of ether oxygens (including phenoxy) is 2. The fourth-order valence-electron chi connectivity index (χ4n) is 3.05. The predicted molar refractivity (Wildman–Crippen MR) is 113 cm³/mol. The van der Waals surface area contributed by atoms with E-state index in [1.807, 2.05) is 48.5 Å². The van der Waals surface area contributed by atoms with Gasteiger partial charge in [-0.05, 0) is 41.0 Å². The Balaban J connectivity index is 0.00000341. The number of hydrogen-bond donors (Lipinski definition) is 1. The maximum Gasteiger partial charge on any atom is 0.269 e. The average molecular weight is 433 g/mol. The highest BCUT2D eigenvalue weighted by Gasteiger charge is 2.22. The monoisotopic (exact) mass is 433 g/mol. The van der Waals surface area contributed by atoms with Crippen molar-refractivity contribution in [1.82, 2.24) is 16.1 Å². The van der Waals surface area contributed by atoms with Crippen molar-refractivity contribution in [2.45, 2.75) is 31.9 Å². The number of benzene rings is 2. The summed E-state index contributed by atoms with van der Waals surface area (Å²) in [5.74, 6) is 2.00. The van der Waals surface area contributed by atoms with Crippen LogP contribution in [0.1, 0.15) is 28.2 Å². The van der Waals surface area contributed by atoms with Crippen LogP contribution in [0.4, 0.5) is 13.2 Å². The molecule has 0 saturated carbocycles. The van der Waals surface area contributed by atoms with Crippen LogP contribution in [0.5, 0.6) is 11.5 Å². The van der Waals surface area contributed by atoms with Crippen molar-refractivity contribution >= 4 is 0 Å². The van der Waals surface area contributed by atoms with Crippen LogP contribution >= 0.6 is 0 Å². The molecule has 0 radical (unpaired) electrons. The van der Waals surface area contributed by atoms with Crippen molar-refractivity contribution in [2.75, 3.05) is 14.2 Å². The summed E-state index contributed by atoms with van der Waals surface area (Å²) in [4.78, 5) is 8.86. The van der Waals surface area contributed by atoms with Crippen molar-refractivity contribution in [3.8, 4) is 11.5 Å². The van der Waals surface area contributed by atoms with Crippen LogP contribution in [-0.2, 0) is 19.3 Å². The van der Waals surface area contributed by atoms with E-state index in [-0.39, 0.29) is 6.15 Å². The lowest BCUT2D eigenvalue weighted by molar-refractivity contribution is 0.0501. The first-order valence-electron chi connectivity index (χ1n) is 9.50. The normalized spacial score (nSPS) is 11.7. The van der Waals surface area contributed by atoms with Gasteiger partial charge in [0.15, 0.2) is 6.17 Å². The first-order chi connectivity index (χ1) is 14.5. The molecule has 3 rings (SSSR count). The molecule has 1 unspecified atom stereocenters. The van der Waals surface area contributed by atoms with Crippen LogP contribution in [0.2, 0.25) is 0 Å². The molecule has 8 heteroatoms. The summed E-state index contributed by atoms with van der Waals surface area (Å²) in [5.41, 5.74) is 2.83. The Hall–Kier alpha value is -3.13. The van der Waals surface area contributed by atoms with Gasteiger partial charge in [-0.2, -0.15) is 0 Å². The quantitative estimate of drug-likeness (QED) is 0.515. The molecule has 3 aromatic rings. The first-order valence-corrected chi connectivity index (χ1v) is 9.50. The van der Waals surface area contributed by atoms with Gasteiger partial charge < -0.3 is 15.6 Å². The standard InChI is InChI=1S/C23H23F3N2O2.H3N/c1-29-18-7-3-15(4-8-18)11-21-17(13-20(24)23(25)26)14-27-22(28-21)12-16-5-9-19(30-2)10-6-16;/h3-10,14,20,23H,11-13H2,1-2H3;1H3. The Morgan fingerprint density at radius 2 is 1.32 bits per heavy atom. The smallest absolute Gasteiger partial charge is 0.269 e. The molecule has 0 aliphatic rings. The molecule has 166 valence electrons. The van der Waals surface area contributed by atoms with E-state index in [0.29, 0.717) is 35.7 Å². The minimum atomic E-state index is -3.04. The Morgan fingerprint density at radius 3 is 1.81 bits per heavy atom. The molecule has 0 amide bonds. The van der Waals surface area contributed by atoms with Gasteiger partial charge in [-0.3, -0.25) is 0 Å². The van der Waals surface area contributed by atoms with Crippen molar-refractivity contribution in [2.24, 2.45) is 0 Å². The lowest BCUT2D eigenvalue weighted by atomic mass is 10.0. The summed E-state index contributed by atoms with van der Waals surface area (Å²) in [6.45, 7) is 0. The molecule has 0 aliphatic heterocycles. The van der Waals surface area contributed by atoms with E-state index < -0.39 is 19.0 Å². The summed E-state index contributed by atoms with van der Waals surface area (Å²) in [6.07, 6.45) is -3.42. The fraction of sp³-hybridized carbons (Fsp3) is 0.304. The average Bonchev–Trinajstić information content (AvgIpc) is 2.76. The lowest BCUT2D eigenvalue weighted by Gasteiger charge is -2.13. The number of hydrogen-bond acceptors (Lipinski definition) is 5. The molecule has 1 heterocycles. The molecule has 0 saturated heterocycles. The van der Waals surface area contributed by atoms with Gasteiger partial charge in [0, 0.05) is 25.5 Å². The van der Waals surface area contributed by atoms with Crippen LogP contribution in [0.15, 0.2) is 54.7 Å². The third-order valence-electron chi connectivity index (χ3n) is 4.74. The van der Waals surface area contributed by atoms with Crippen LogP contribution in [-0.4, -0.2) is 36.8 Å². The van der Waals surface area contributed by atoms with Gasteiger partial charge in [0.05, 0.1) is 19.9 Å². The molecular weight excluding hydrogens is 407 g/mol. The molecule has 0 aliphatic carbocycles. The van der Waals surface area contributed by atoms with E-state index in [9.17, 15) is 13.2 Å². The molecule has 0 fully saturated rings. The lowest BCUT2D eigenvalue weighted by Crippen LogP contribution is -2.17. The highest BCUT2D eigenvalue weighted by molar-refractivity contribution is 5.33. The molecule has 1 atom stereocenters. The Labute approximate surface area is 179 Å². The van der Waals surface area contributed by atoms with E-state index in [4.69, 9.17) is 9.47 Å². The van der Waals surface area contributed by atoms with Crippen molar-refractivity contribution in [1.29, 1.82) is 0 Å². The van der Waals surface area contributed by atoms with Crippen LogP contribution in [0.3, 0.4) is 0 Å². The number of alkyl halides is 3. The zero-order valence-electron chi connectivity index (χ0n) is 17.5. The third kappa shape index (κ3) is 6.68. The van der Waals surface area contributed by atoms with Gasteiger partial charge in [-0.1, -0.05) is 24.3 Å². The zero-order valence-corrected chi connectivity index (χ0v) is 17.5. The summed E-state index contributed by atoms with van der Waals surface area (Å²) >= 11 is 0. The molecular formula is C23H26F3N3O2. The molecule has 0 spiro atoms. The predicted octanol–water partition coefficient (Wildman–Crippen LogP) is 4.98. The molecule has 5 nitrogen and oxygen atoms in total. The molecule has 2 aromatic carbocycles. The molecule has 31 heavy (non-hydrogen) atoms. The van der Waals surface area contributed by atoms with Gasteiger partial charge in [0.25, 0.3) is 6.43 Å². The van der Waals surface area contributed by atoms with E-state index in [1.54, 1.807) is 14.2 Å². The summed E-state index contributed by atoms with van der Waals surface area (Å²) < 4.78 is 49.5. The second kappa shape index (κ2) is 11.3. The summed E-state index contributed by atoms with van der Waals surface area (Å²) in [5, 5.41) is 0. The van der Waals surface area contributed by atoms with Gasteiger partial charge in [-0.15, -0.1) is 0 Å². The molecule has 3 N–H and O–H groups in total. The maximum absolute atomic E-state index is 13.7. The topological polar surface area (TPSA) is 79.2 Å². The Bertz CT molecular complexity index is 951. The van der Waals surface area contributed by atoms with Crippen molar-refractivity contribution in [3.05, 3.63) is 82.9 Å². The molecule has 1 aromatic heterocycles. The van der Waals surface area contributed by atoms with E-state index in [0.717, 1.165) is 16.9 Å². The Morgan fingerprint density at radius 1 is 0.806 bits per heavy atom. The highest BCUT2D eigenvalue weighted by Crippen LogP contribution is 2.21. The van der Waals surface area contributed by atoms with Crippen LogP contribution < -0.4 is 15.6 Å². The number of halogens is 3. The second-order valence-electron chi connectivity index (χ2n) is 6.86. The number of methoxy groups -OCH3 is 2. The SMILES string of the molecule is COc1ccc(Cc2ncc(CC(F)C(F)F)c(Cc3ccc(OC)cc3)n2)cc1.N. The fourth-order valence-corrected chi connectivity index (χ4v) is 3.05. The van der Waals surface area contributed by atoms with Crippen molar-refractivity contribution in [3.63, 3.8) is 0 Å². The van der Waals surface area contributed by atoms with Crippen molar-refractivity contribution < 1.29 is 22.6 Å². The summed E-state index contributed by atoms with van der Waals surface area (Å²) in [6, 6.07) is 14.9. The number of nitrogens with zero attached hydrogens (tertiary/aromatic N) is 2. The van der Waals surface area contributed by atoms with Gasteiger partial charge in [0.2, 0.25) is 0 Å². The van der Waals surface area contributed by atoms with Gasteiger partial charge in [0.1, 0.15) is 17.3 Å². The highest BCUT2D eigenvalue weighted by atomic mass is 19.3. The van der Waals surface area contributed by atoms with Gasteiger partial charge >= 0.3 is 0 Å². The third-order valence-corrected chi connectivity index (χ3v) is 4.74. The van der Waals surface area contributed by atoms with Crippen LogP contribution in [0.25, 0.3) is 0 Å². The summed E-state index contributed by atoms with van der Waals surface area (Å²) in [7, 11) is 3.18. The van der Waals surface area contributed by atoms with E-state index >= 15 is 0 Å². The molecule has 0 bridgehead atoms. The van der Waals surface area contributed by atoms with Crippen LogP contribution in [0, 0.1) is 0 Å². The largest absolute Gasteiger partial charge is 0.497 e. The maximum atomic E-state index is 13.7. The second-order valence-corrected chi connectivity index (χ2v) is 6.86. The minimum absolute atomic E-state index is 0. The Kier molecular flexibility index (Phi) is 8.81. The van der Waals surface area contributed by atoms with E-state index in [1.165, 1.54) is 6.20 Å². The zero-order chi connectivity index (χ0) is 21.5. The van der Waals surface area contributed by atoms with Gasteiger partial charge in [-0.25, -0.2) is 23.1 Å². The number of rotatable bonds is 9. The van der Waals surface area contributed by atoms with E-state index in [2.05, 4.69) is 9.97 Å².